The number of hydrogen-bond acceptors (Lipinski definition) is 4. The van der Waals surface area contributed by atoms with Gasteiger partial charge in [0.2, 0.25) is 0 Å². The first-order valence-corrected chi connectivity index (χ1v) is 7.05. The Hall–Kier alpha value is -2.50. The molecule has 1 fully saturated rings. The van der Waals surface area contributed by atoms with Crippen LogP contribution in [0.15, 0.2) is 30.5 Å². The Balaban J connectivity index is 1.67. The van der Waals surface area contributed by atoms with E-state index in [1.807, 2.05) is 17.0 Å². The van der Waals surface area contributed by atoms with Gasteiger partial charge in [-0.25, -0.2) is 0 Å². The molecule has 0 radical (unpaired) electrons. The molecule has 6 nitrogen and oxygen atoms in total. The quantitative estimate of drug-likeness (QED) is 0.871. The SMILES string of the molecule is Cc1ccccc1N1CCN(C(=O)c2[nH]ncc2N)CC1. The monoisotopic (exact) mass is 285 g/mol. The fourth-order valence-corrected chi connectivity index (χ4v) is 2.69. The Morgan fingerprint density at radius 2 is 1.95 bits per heavy atom. The predicted octanol–water partition coefficient (Wildman–Crippen LogP) is 1.26. The molecule has 0 atom stereocenters. The fourth-order valence-electron chi connectivity index (χ4n) is 2.69. The van der Waals surface area contributed by atoms with Crippen molar-refractivity contribution in [3.63, 3.8) is 0 Å². The van der Waals surface area contributed by atoms with Gasteiger partial charge < -0.3 is 15.5 Å². The van der Waals surface area contributed by atoms with Gasteiger partial charge in [0, 0.05) is 31.9 Å². The van der Waals surface area contributed by atoms with Crippen molar-refractivity contribution in [2.75, 3.05) is 36.8 Å². The molecule has 1 aromatic heterocycles. The van der Waals surface area contributed by atoms with Gasteiger partial charge in [-0.3, -0.25) is 9.89 Å². The second kappa shape index (κ2) is 5.47. The first-order chi connectivity index (χ1) is 10.2. The van der Waals surface area contributed by atoms with Crippen molar-refractivity contribution in [2.45, 2.75) is 6.92 Å². The molecular formula is C15H19N5O. The average molecular weight is 285 g/mol. The molecule has 1 aliphatic rings. The van der Waals surface area contributed by atoms with Crippen LogP contribution in [0.2, 0.25) is 0 Å². The van der Waals surface area contributed by atoms with E-state index in [0.29, 0.717) is 24.5 Å². The van der Waals surface area contributed by atoms with Crippen molar-refractivity contribution >= 4 is 17.3 Å². The van der Waals surface area contributed by atoms with E-state index >= 15 is 0 Å². The summed E-state index contributed by atoms with van der Waals surface area (Å²) in [5, 5.41) is 6.48. The number of benzene rings is 1. The molecule has 110 valence electrons. The van der Waals surface area contributed by atoms with E-state index < -0.39 is 0 Å². The molecule has 0 bridgehead atoms. The molecule has 21 heavy (non-hydrogen) atoms. The van der Waals surface area contributed by atoms with Crippen LogP contribution in [-0.2, 0) is 0 Å². The van der Waals surface area contributed by atoms with E-state index in [0.717, 1.165) is 13.1 Å². The van der Waals surface area contributed by atoms with Crippen LogP contribution < -0.4 is 10.6 Å². The molecule has 0 spiro atoms. The Labute approximate surface area is 123 Å². The van der Waals surface area contributed by atoms with Gasteiger partial charge in [-0.05, 0) is 18.6 Å². The normalized spacial score (nSPS) is 15.3. The molecule has 1 saturated heterocycles. The van der Waals surface area contributed by atoms with E-state index in [-0.39, 0.29) is 5.91 Å². The number of nitrogen functional groups attached to an aromatic ring is 1. The van der Waals surface area contributed by atoms with Gasteiger partial charge in [-0.1, -0.05) is 18.2 Å². The molecule has 6 heteroatoms. The highest BCUT2D eigenvalue weighted by Gasteiger charge is 2.24. The molecule has 3 rings (SSSR count). The van der Waals surface area contributed by atoms with Crippen LogP contribution in [0.4, 0.5) is 11.4 Å². The third-order valence-corrected chi connectivity index (χ3v) is 3.91. The van der Waals surface area contributed by atoms with Crippen LogP contribution in [0, 0.1) is 6.92 Å². The summed E-state index contributed by atoms with van der Waals surface area (Å²) in [5.41, 5.74) is 9.03. The van der Waals surface area contributed by atoms with Gasteiger partial charge in [-0.2, -0.15) is 5.10 Å². The topological polar surface area (TPSA) is 78.2 Å². The van der Waals surface area contributed by atoms with Crippen molar-refractivity contribution in [3.05, 3.63) is 41.7 Å². The number of carbonyl (C=O) groups excluding carboxylic acids is 1. The number of aryl methyl sites for hydroxylation is 1. The summed E-state index contributed by atoms with van der Waals surface area (Å²) in [6.45, 7) is 5.13. The van der Waals surface area contributed by atoms with E-state index in [4.69, 9.17) is 5.73 Å². The molecule has 0 aliphatic carbocycles. The largest absolute Gasteiger partial charge is 0.396 e. The first kappa shape index (κ1) is 13.5. The zero-order chi connectivity index (χ0) is 14.8. The minimum Gasteiger partial charge on any atom is -0.396 e. The van der Waals surface area contributed by atoms with E-state index in [2.05, 4.69) is 34.2 Å². The van der Waals surface area contributed by atoms with Crippen LogP contribution in [0.3, 0.4) is 0 Å². The number of nitrogens with zero attached hydrogens (tertiary/aromatic N) is 3. The lowest BCUT2D eigenvalue weighted by Crippen LogP contribution is -2.49. The molecule has 0 unspecified atom stereocenters. The molecule has 1 aromatic carbocycles. The molecule has 2 aromatic rings. The van der Waals surface area contributed by atoms with E-state index in [1.54, 1.807) is 0 Å². The second-order valence-corrected chi connectivity index (χ2v) is 5.27. The number of H-pyrrole nitrogens is 1. The van der Waals surface area contributed by atoms with Crippen LogP contribution in [0.5, 0.6) is 0 Å². The van der Waals surface area contributed by atoms with Gasteiger partial charge in [0.05, 0.1) is 11.9 Å². The van der Waals surface area contributed by atoms with Crippen LogP contribution in [-0.4, -0.2) is 47.2 Å². The minimum absolute atomic E-state index is 0.0746. The van der Waals surface area contributed by atoms with Crippen molar-refractivity contribution in [1.29, 1.82) is 0 Å². The maximum atomic E-state index is 12.3. The smallest absolute Gasteiger partial charge is 0.274 e. The van der Waals surface area contributed by atoms with Crippen molar-refractivity contribution in [1.82, 2.24) is 15.1 Å². The lowest BCUT2D eigenvalue weighted by Gasteiger charge is -2.36. The molecular weight excluding hydrogens is 266 g/mol. The van der Waals surface area contributed by atoms with Crippen LogP contribution >= 0.6 is 0 Å². The average Bonchev–Trinajstić information content (AvgIpc) is 2.93. The van der Waals surface area contributed by atoms with Gasteiger partial charge in [0.15, 0.2) is 0 Å². The Morgan fingerprint density at radius 3 is 2.57 bits per heavy atom. The zero-order valence-electron chi connectivity index (χ0n) is 12.0. The first-order valence-electron chi connectivity index (χ1n) is 7.05. The minimum atomic E-state index is -0.0746. The summed E-state index contributed by atoms with van der Waals surface area (Å²) in [7, 11) is 0. The maximum Gasteiger partial charge on any atom is 0.274 e. The highest BCUT2D eigenvalue weighted by atomic mass is 16.2. The Morgan fingerprint density at radius 1 is 1.24 bits per heavy atom. The summed E-state index contributed by atoms with van der Waals surface area (Å²) >= 11 is 0. The van der Waals surface area contributed by atoms with E-state index in [1.165, 1.54) is 17.4 Å². The lowest BCUT2D eigenvalue weighted by molar-refractivity contribution is 0.0742. The number of amides is 1. The number of nitrogens with one attached hydrogen (secondary N) is 1. The summed E-state index contributed by atoms with van der Waals surface area (Å²) in [4.78, 5) is 16.5. The molecule has 3 N–H and O–H groups in total. The maximum absolute atomic E-state index is 12.3. The third kappa shape index (κ3) is 2.56. The summed E-state index contributed by atoms with van der Waals surface area (Å²) in [5.74, 6) is -0.0746. The fraction of sp³-hybridized carbons (Fsp3) is 0.333. The van der Waals surface area contributed by atoms with Gasteiger partial charge in [0.25, 0.3) is 5.91 Å². The number of aromatic nitrogens is 2. The van der Waals surface area contributed by atoms with Crippen LogP contribution in [0.1, 0.15) is 16.1 Å². The molecule has 1 amide bonds. The third-order valence-electron chi connectivity index (χ3n) is 3.91. The Kier molecular flexibility index (Phi) is 3.51. The lowest BCUT2D eigenvalue weighted by atomic mass is 10.1. The number of nitrogens with two attached hydrogens (primary N) is 1. The molecule has 0 saturated carbocycles. The van der Waals surface area contributed by atoms with Crippen molar-refractivity contribution in [2.24, 2.45) is 0 Å². The van der Waals surface area contributed by atoms with Gasteiger partial charge in [0.1, 0.15) is 5.69 Å². The highest BCUT2D eigenvalue weighted by molar-refractivity contribution is 5.97. The standard InChI is InChI=1S/C15H19N5O/c1-11-4-2-3-5-13(11)19-6-8-20(9-7-19)15(21)14-12(16)10-17-18-14/h2-5,10H,6-9,16H2,1H3,(H,17,18). The number of anilines is 2. The van der Waals surface area contributed by atoms with Crippen molar-refractivity contribution < 1.29 is 4.79 Å². The predicted molar refractivity (Wildman–Crippen MR) is 82.3 cm³/mol. The summed E-state index contributed by atoms with van der Waals surface area (Å²) < 4.78 is 0. The second-order valence-electron chi connectivity index (χ2n) is 5.27. The molecule has 1 aliphatic heterocycles. The number of para-hydroxylation sites is 1. The van der Waals surface area contributed by atoms with Gasteiger partial charge >= 0.3 is 0 Å². The number of carbonyl (C=O) groups is 1. The van der Waals surface area contributed by atoms with Crippen molar-refractivity contribution in [3.8, 4) is 0 Å². The molecule has 2 heterocycles. The number of hydrogen-bond donors (Lipinski definition) is 2. The Bertz CT molecular complexity index is 643. The number of aromatic amines is 1. The summed E-state index contributed by atoms with van der Waals surface area (Å²) in [6, 6.07) is 8.32. The van der Waals surface area contributed by atoms with Crippen LogP contribution in [0.25, 0.3) is 0 Å². The zero-order valence-corrected chi connectivity index (χ0v) is 12.0. The number of piperazine rings is 1. The highest BCUT2D eigenvalue weighted by Crippen LogP contribution is 2.21. The number of rotatable bonds is 2. The van der Waals surface area contributed by atoms with Gasteiger partial charge in [-0.15, -0.1) is 0 Å². The van der Waals surface area contributed by atoms with E-state index in [9.17, 15) is 4.79 Å². The summed E-state index contributed by atoms with van der Waals surface area (Å²) in [6.07, 6.45) is 1.47.